The van der Waals surface area contributed by atoms with Gasteiger partial charge in [-0.2, -0.15) is 0 Å². The van der Waals surface area contributed by atoms with Crippen LogP contribution in [0.4, 0.5) is 0 Å². The third-order valence-electron chi connectivity index (χ3n) is 3.87. The van der Waals surface area contributed by atoms with Gasteiger partial charge in [-0.3, -0.25) is 0 Å². The van der Waals surface area contributed by atoms with E-state index >= 15 is 0 Å². The number of aromatic nitrogens is 2. The molecule has 1 saturated carbocycles. The van der Waals surface area contributed by atoms with Crippen molar-refractivity contribution in [3.05, 3.63) is 18.2 Å². The molecular formula is C12H20N2O. The summed E-state index contributed by atoms with van der Waals surface area (Å²) >= 11 is 0. The van der Waals surface area contributed by atoms with Crippen molar-refractivity contribution in [1.82, 2.24) is 9.55 Å². The van der Waals surface area contributed by atoms with Crippen LogP contribution in [-0.4, -0.2) is 14.7 Å². The van der Waals surface area contributed by atoms with E-state index in [-0.39, 0.29) is 6.61 Å². The second-order valence-electron chi connectivity index (χ2n) is 4.87. The molecule has 3 heteroatoms. The van der Waals surface area contributed by atoms with Crippen LogP contribution in [0.5, 0.6) is 0 Å². The quantitative estimate of drug-likeness (QED) is 0.810. The molecule has 3 nitrogen and oxygen atoms in total. The van der Waals surface area contributed by atoms with E-state index in [1.54, 1.807) is 6.20 Å². The molecular weight excluding hydrogens is 188 g/mol. The van der Waals surface area contributed by atoms with Crippen molar-refractivity contribution in [2.75, 3.05) is 0 Å². The highest BCUT2D eigenvalue weighted by molar-refractivity contribution is 4.99. The first kappa shape index (κ1) is 10.7. The SMILES string of the molecule is CC1CCC(n2cncc2CO)CC1C. The van der Waals surface area contributed by atoms with Gasteiger partial charge in [-0.05, 0) is 31.1 Å². The third kappa shape index (κ3) is 2.07. The molecule has 0 amide bonds. The van der Waals surface area contributed by atoms with E-state index in [0.717, 1.165) is 17.5 Å². The Morgan fingerprint density at radius 2 is 2.20 bits per heavy atom. The van der Waals surface area contributed by atoms with E-state index in [9.17, 15) is 5.11 Å². The Kier molecular flexibility index (Phi) is 3.10. The van der Waals surface area contributed by atoms with Crippen LogP contribution in [0.25, 0.3) is 0 Å². The highest BCUT2D eigenvalue weighted by atomic mass is 16.3. The lowest BCUT2D eigenvalue weighted by molar-refractivity contribution is 0.198. The van der Waals surface area contributed by atoms with Crippen LogP contribution in [0, 0.1) is 11.8 Å². The van der Waals surface area contributed by atoms with Gasteiger partial charge >= 0.3 is 0 Å². The molecule has 0 aliphatic heterocycles. The Morgan fingerprint density at radius 3 is 2.87 bits per heavy atom. The Morgan fingerprint density at radius 1 is 1.40 bits per heavy atom. The molecule has 1 heterocycles. The Bertz CT molecular complexity index is 321. The normalized spacial score (nSPS) is 31.8. The lowest BCUT2D eigenvalue weighted by Crippen LogP contribution is -2.24. The Labute approximate surface area is 91.1 Å². The molecule has 1 aliphatic rings. The Hall–Kier alpha value is -0.830. The van der Waals surface area contributed by atoms with E-state index in [2.05, 4.69) is 23.4 Å². The number of imidazole rings is 1. The summed E-state index contributed by atoms with van der Waals surface area (Å²) in [7, 11) is 0. The average Bonchev–Trinajstić information content (AvgIpc) is 2.70. The number of rotatable bonds is 2. The lowest BCUT2D eigenvalue weighted by atomic mass is 9.79. The summed E-state index contributed by atoms with van der Waals surface area (Å²) < 4.78 is 2.16. The minimum absolute atomic E-state index is 0.0977. The maximum absolute atomic E-state index is 9.20. The van der Waals surface area contributed by atoms with Gasteiger partial charge in [-0.15, -0.1) is 0 Å². The second-order valence-corrected chi connectivity index (χ2v) is 4.87. The molecule has 0 spiro atoms. The summed E-state index contributed by atoms with van der Waals surface area (Å²) in [5.41, 5.74) is 0.946. The van der Waals surface area contributed by atoms with Gasteiger partial charge < -0.3 is 9.67 Å². The molecule has 1 fully saturated rings. The predicted octanol–water partition coefficient (Wildman–Crippen LogP) is 2.37. The first-order chi connectivity index (χ1) is 7.22. The van der Waals surface area contributed by atoms with Crippen LogP contribution >= 0.6 is 0 Å². The molecule has 0 radical (unpaired) electrons. The maximum Gasteiger partial charge on any atom is 0.0951 e. The van der Waals surface area contributed by atoms with Crippen molar-refractivity contribution < 1.29 is 5.11 Å². The number of nitrogens with zero attached hydrogens (tertiary/aromatic N) is 2. The first-order valence-corrected chi connectivity index (χ1v) is 5.84. The minimum atomic E-state index is 0.0977. The molecule has 1 aromatic heterocycles. The van der Waals surface area contributed by atoms with Crippen molar-refractivity contribution in [2.24, 2.45) is 11.8 Å². The molecule has 0 bridgehead atoms. The number of hydrogen-bond donors (Lipinski definition) is 1. The summed E-state index contributed by atoms with van der Waals surface area (Å²) in [5, 5.41) is 9.20. The monoisotopic (exact) mass is 208 g/mol. The van der Waals surface area contributed by atoms with Crippen molar-refractivity contribution in [2.45, 2.75) is 45.8 Å². The van der Waals surface area contributed by atoms with Crippen LogP contribution in [0.15, 0.2) is 12.5 Å². The standard InChI is InChI=1S/C12H20N2O/c1-9-3-4-11(5-10(9)2)14-8-13-6-12(14)7-15/h6,8-11,15H,3-5,7H2,1-2H3. The highest BCUT2D eigenvalue weighted by Gasteiger charge is 2.26. The van der Waals surface area contributed by atoms with Crippen LogP contribution in [-0.2, 0) is 6.61 Å². The van der Waals surface area contributed by atoms with Crippen LogP contribution < -0.4 is 0 Å². The van der Waals surface area contributed by atoms with E-state index in [4.69, 9.17) is 0 Å². The minimum Gasteiger partial charge on any atom is -0.390 e. The Balaban J connectivity index is 2.11. The predicted molar refractivity (Wildman–Crippen MR) is 59.4 cm³/mol. The van der Waals surface area contributed by atoms with Gasteiger partial charge in [0.1, 0.15) is 0 Å². The summed E-state index contributed by atoms with van der Waals surface area (Å²) in [4.78, 5) is 4.12. The average molecular weight is 208 g/mol. The second kappa shape index (κ2) is 4.35. The van der Waals surface area contributed by atoms with Crippen molar-refractivity contribution in [3.63, 3.8) is 0 Å². The molecule has 3 atom stereocenters. The van der Waals surface area contributed by atoms with E-state index in [1.165, 1.54) is 19.3 Å². The summed E-state index contributed by atoms with van der Waals surface area (Å²) in [5.74, 6) is 1.61. The van der Waals surface area contributed by atoms with Gasteiger partial charge in [0.05, 0.1) is 24.8 Å². The largest absolute Gasteiger partial charge is 0.390 e. The molecule has 3 unspecified atom stereocenters. The molecule has 84 valence electrons. The van der Waals surface area contributed by atoms with Crippen LogP contribution in [0.2, 0.25) is 0 Å². The molecule has 1 aliphatic carbocycles. The van der Waals surface area contributed by atoms with E-state index in [1.807, 2.05) is 6.33 Å². The fourth-order valence-electron chi connectivity index (χ4n) is 2.56. The first-order valence-electron chi connectivity index (χ1n) is 5.84. The van der Waals surface area contributed by atoms with Gasteiger partial charge in [0.25, 0.3) is 0 Å². The van der Waals surface area contributed by atoms with Crippen LogP contribution in [0.3, 0.4) is 0 Å². The van der Waals surface area contributed by atoms with E-state index in [0.29, 0.717) is 6.04 Å². The summed E-state index contributed by atoms with van der Waals surface area (Å²) in [6.07, 6.45) is 7.34. The smallest absolute Gasteiger partial charge is 0.0951 e. The van der Waals surface area contributed by atoms with Gasteiger partial charge in [-0.1, -0.05) is 13.8 Å². The van der Waals surface area contributed by atoms with Gasteiger partial charge in [-0.25, -0.2) is 4.98 Å². The van der Waals surface area contributed by atoms with E-state index < -0.39 is 0 Å². The molecule has 0 saturated heterocycles. The van der Waals surface area contributed by atoms with Gasteiger partial charge in [0.15, 0.2) is 0 Å². The van der Waals surface area contributed by atoms with Gasteiger partial charge in [0.2, 0.25) is 0 Å². The fraction of sp³-hybridized carbons (Fsp3) is 0.750. The van der Waals surface area contributed by atoms with Crippen molar-refractivity contribution in [3.8, 4) is 0 Å². The zero-order valence-electron chi connectivity index (χ0n) is 9.56. The lowest BCUT2D eigenvalue weighted by Gasteiger charge is -2.33. The molecule has 1 N–H and O–H groups in total. The number of aliphatic hydroxyl groups excluding tert-OH is 1. The zero-order chi connectivity index (χ0) is 10.8. The fourth-order valence-corrected chi connectivity index (χ4v) is 2.56. The summed E-state index contributed by atoms with van der Waals surface area (Å²) in [6, 6.07) is 0.542. The number of hydrogen-bond acceptors (Lipinski definition) is 2. The van der Waals surface area contributed by atoms with Crippen molar-refractivity contribution >= 4 is 0 Å². The maximum atomic E-state index is 9.20. The molecule has 15 heavy (non-hydrogen) atoms. The number of aliphatic hydroxyl groups is 1. The molecule has 0 aromatic carbocycles. The topological polar surface area (TPSA) is 38.0 Å². The van der Waals surface area contributed by atoms with Gasteiger partial charge in [0, 0.05) is 6.04 Å². The van der Waals surface area contributed by atoms with Crippen molar-refractivity contribution in [1.29, 1.82) is 0 Å². The molecule has 2 rings (SSSR count). The zero-order valence-corrected chi connectivity index (χ0v) is 9.56. The highest BCUT2D eigenvalue weighted by Crippen LogP contribution is 2.36. The summed E-state index contributed by atoms with van der Waals surface area (Å²) in [6.45, 7) is 4.76. The molecule has 1 aromatic rings. The van der Waals surface area contributed by atoms with Crippen LogP contribution in [0.1, 0.15) is 44.8 Å². The third-order valence-corrected chi connectivity index (χ3v) is 3.87.